The molecule has 0 saturated carbocycles. The molecule has 2 N–H and O–H groups in total. The summed E-state index contributed by atoms with van der Waals surface area (Å²) in [5.74, 6) is 2.05. The molecule has 176 valence electrons. The number of nitrogens with two attached hydrogens (primary N) is 1. The molecule has 0 aliphatic carbocycles. The van der Waals surface area contributed by atoms with Gasteiger partial charge in [-0.1, -0.05) is 0 Å². The first-order chi connectivity index (χ1) is 17.1. The predicted molar refractivity (Wildman–Crippen MR) is 136 cm³/mol. The van der Waals surface area contributed by atoms with Crippen molar-refractivity contribution in [3.05, 3.63) is 66.9 Å². The molecule has 1 aliphatic rings. The van der Waals surface area contributed by atoms with Crippen LogP contribution >= 0.6 is 0 Å². The highest BCUT2D eigenvalue weighted by Crippen LogP contribution is 2.29. The highest BCUT2D eigenvalue weighted by Gasteiger charge is 2.18. The summed E-state index contributed by atoms with van der Waals surface area (Å²) in [4.78, 5) is 20.5. The highest BCUT2D eigenvalue weighted by molar-refractivity contribution is 7.84. The Hall–Kier alpha value is -4.05. The Kier molecular flexibility index (Phi) is 5.29. The quantitative estimate of drug-likeness (QED) is 0.389. The van der Waals surface area contributed by atoms with Crippen LogP contribution < -0.4 is 15.4 Å². The molecule has 5 heterocycles. The van der Waals surface area contributed by atoms with Crippen LogP contribution in [-0.2, 0) is 17.4 Å². The zero-order chi connectivity index (χ0) is 23.9. The molecule has 9 nitrogen and oxygen atoms in total. The number of nitrogen functional groups attached to an aromatic ring is 1. The van der Waals surface area contributed by atoms with Crippen molar-refractivity contribution in [2.24, 2.45) is 0 Å². The van der Waals surface area contributed by atoms with E-state index < -0.39 is 10.8 Å². The van der Waals surface area contributed by atoms with Gasteiger partial charge in [-0.15, -0.1) is 0 Å². The number of hydrogen-bond donors (Lipinski definition) is 1. The van der Waals surface area contributed by atoms with Gasteiger partial charge >= 0.3 is 0 Å². The Balaban J connectivity index is 1.27. The highest BCUT2D eigenvalue weighted by atomic mass is 32.2. The molecule has 1 saturated heterocycles. The van der Waals surface area contributed by atoms with E-state index >= 15 is 0 Å². The van der Waals surface area contributed by atoms with E-state index in [1.54, 1.807) is 24.8 Å². The molecule has 0 amide bonds. The number of benzene rings is 1. The molecule has 1 fully saturated rings. The number of nitrogens with zero attached hydrogens (tertiary/aromatic N) is 6. The minimum atomic E-state index is -1.25. The first kappa shape index (κ1) is 21.5. The van der Waals surface area contributed by atoms with Crippen LogP contribution in [0.15, 0.2) is 66.2 Å². The second kappa shape index (κ2) is 8.62. The SMILES string of the molecule is CS(=O)c1cn(-c2cncc(COc3ccc4ccc(N5CCC5)nc4c3)c2)c2ncnc(N)c12. The van der Waals surface area contributed by atoms with Crippen molar-refractivity contribution >= 4 is 44.4 Å². The fraction of sp³-hybridized carbons (Fsp3) is 0.200. The average Bonchev–Trinajstić information content (AvgIpc) is 3.23. The Labute approximate surface area is 204 Å². The van der Waals surface area contributed by atoms with Crippen molar-refractivity contribution in [2.45, 2.75) is 17.9 Å². The maximum atomic E-state index is 12.3. The van der Waals surface area contributed by atoms with Gasteiger partial charge in [-0.05, 0) is 36.8 Å². The fourth-order valence-corrected chi connectivity index (χ4v) is 4.95. The minimum absolute atomic E-state index is 0.300. The van der Waals surface area contributed by atoms with Gasteiger partial charge in [0, 0.05) is 48.8 Å². The first-order valence-corrected chi connectivity index (χ1v) is 12.8. The van der Waals surface area contributed by atoms with E-state index in [1.165, 1.54) is 12.7 Å². The molecule has 1 unspecified atom stereocenters. The smallest absolute Gasteiger partial charge is 0.151 e. The van der Waals surface area contributed by atoms with Gasteiger partial charge in [-0.3, -0.25) is 13.8 Å². The Morgan fingerprint density at radius 1 is 1.11 bits per heavy atom. The van der Waals surface area contributed by atoms with Gasteiger partial charge in [0.05, 0.1) is 38.5 Å². The zero-order valence-electron chi connectivity index (χ0n) is 19.1. The first-order valence-electron chi connectivity index (χ1n) is 11.2. The van der Waals surface area contributed by atoms with Crippen molar-refractivity contribution in [2.75, 3.05) is 30.0 Å². The van der Waals surface area contributed by atoms with Gasteiger partial charge in [0.25, 0.3) is 0 Å². The second-order valence-corrected chi connectivity index (χ2v) is 9.83. The van der Waals surface area contributed by atoms with Crippen LogP contribution in [0.2, 0.25) is 0 Å². The van der Waals surface area contributed by atoms with Crippen LogP contribution in [-0.4, -0.2) is 48.1 Å². The lowest BCUT2D eigenvalue weighted by molar-refractivity contribution is 0.306. The Morgan fingerprint density at radius 3 is 2.77 bits per heavy atom. The Bertz CT molecular complexity index is 1600. The third-order valence-electron chi connectivity index (χ3n) is 6.18. The zero-order valence-corrected chi connectivity index (χ0v) is 19.9. The second-order valence-electron chi connectivity index (χ2n) is 8.48. The van der Waals surface area contributed by atoms with Gasteiger partial charge in [0.15, 0.2) is 5.65 Å². The number of rotatable bonds is 6. The molecule has 1 aliphatic heterocycles. The lowest BCUT2D eigenvalue weighted by atomic mass is 10.2. The summed E-state index contributed by atoms with van der Waals surface area (Å²) in [6.07, 6.45) is 9.49. The van der Waals surface area contributed by atoms with E-state index in [9.17, 15) is 4.21 Å². The van der Waals surface area contributed by atoms with Crippen LogP contribution in [0.1, 0.15) is 12.0 Å². The molecule has 4 aromatic heterocycles. The standard InChI is InChI=1S/C25H23N7O2S/c1-35(33)21-13-32(25-23(21)24(26)28-15-29-25)18-9-16(11-27-12-18)14-34-19-5-3-17-4-6-22(30-20(17)10-19)31-7-2-8-31/h3-6,9-13,15H,2,7-8,14H2,1H3,(H2,26,28,29). The molecular formula is C25H23N7O2S. The van der Waals surface area contributed by atoms with E-state index in [4.69, 9.17) is 15.5 Å². The molecule has 6 rings (SSSR count). The van der Waals surface area contributed by atoms with Gasteiger partial charge in [-0.25, -0.2) is 15.0 Å². The van der Waals surface area contributed by atoms with Crippen LogP contribution in [0.5, 0.6) is 5.75 Å². The number of pyridine rings is 2. The summed E-state index contributed by atoms with van der Waals surface area (Å²) in [5.41, 5.74) is 9.21. The van der Waals surface area contributed by atoms with Crippen molar-refractivity contribution in [3.63, 3.8) is 0 Å². The fourth-order valence-electron chi connectivity index (χ4n) is 4.21. The van der Waals surface area contributed by atoms with E-state index in [1.807, 2.05) is 28.8 Å². The summed E-state index contributed by atoms with van der Waals surface area (Å²) >= 11 is 0. The molecule has 1 atom stereocenters. The number of hydrogen-bond acceptors (Lipinski definition) is 8. The normalized spacial score (nSPS) is 14.3. The van der Waals surface area contributed by atoms with Gasteiger partial charge in [0.2, 0.25) is 0 Å². The van der Waals surface area contributed by atoms with Gasteiger partial charge < -0.3 is 15.4 Å². The molecule has 0 spiro atoms. The molecule has 5 aromatic rings. The van der Waals surface area contributed by atoms with Crippen LogP contribution in [0.3, 0.4) is 0 Å². The van der Waals surface area contributed by atoms with Crippen LogP contribution in [0.4, 0.5) is 11.6 Å². The summed E-state index contributed by atoms with van der Waals surface area (Å²) < 4.78 is 20.2. The van der Waals surface area contributed by atoms with Gasteiger partial charge in [-0.2, -0.15) is 0 Å². The number of aromatic nitrogens is 5. The van der Waals surface area contributed by atoms with E-state index in [2.05, 4.69) is 32.0 Å². The molecule has 10 heteroatoms. The molecule has 35 heavy (non-hydrogen) atoms. The minimum Gasteiger partial charge on any atom is -0.489 e. The molecule has 1 aromatic carbocycles. The summed E-state index contributed by atoms with van der Waals surface area (Å²) in [5, 5.41) is 1.67. The lowest BCUT2D eigenvalue weighted by Crippen LogP contribution is -2.37. The lowest BCUT2D eigenvalue weighted by Gasteiger charge is -2.32. The predicted octanol–water partition coefficient (Wildman–Crippen LogP) is 3.47. The van der Waals surface area contributed by atoms with Crippen molar-refractivity contribution < 1.29 is 8.95 Å². The third-order valence-corrected chi connectivity index (χ3v) is 7.11. The Morgan fingerprint density at radius 2 is 1.97 bits per heavy atom. The van der Waals surface area contributed by atoms with Crippen LogP contribution in [0, 0.1) is 0 Å². The van der Waals surface area contributed by atoms with E-state index in [0.29, 0.717) is 28.4 Å². The molecular weight excluding hydrogens is 462 g/mol. The van der Waals surface area contributed by atoms with Crippen LogP contribution in [0.25, 0.3) is 27.6 Å². The third kappa shape index (κ3) is 3.95. The monoisotopic (exact) mass is 485 g/mol. The molecule has 0 radical (unpaired) electrons. The van der Waals surface area contributed by atoms with Gasteiger partial charge in [0.1, 0.15) is 30.3 Å². The number of anilines is 2. The summed E-state index contributed by atoms with van der Waals surface area (Å²) in [7, 11) is -1.25. The average molecular weight is 486 g/mol. The summed E-state index contributed by atoms with van der Waals surface area (Å²) in [6, 6.07) is 12.1. The maximum Gasteiger partial charge on any atom is 0.151 e. The molecule has 0 bridgehead atoms. The van der Waals surface area contributed by atoms with Crippen molar-refractivity contribution in [1.29, 1.82) is 0 Å². The maximum absolute atomic E-state index is 12.3. The van der Waals surface area contributed by atoms with Crippen molar-refractivity contribution in [1.82, 2.24) is 24.5 Å². The number of fused-ring (bicyclic) bond motifs is 2. The van der Waals surface area contributed by atoms with Crippen molar-refractivity contribution in [3.8, 4) is 11.4 Å². The topological polar surface area (TPSA) is 112 Å². The van der Waals surface area contributed by atoms with E-state index in [-0.39, 0.29) is 0 Å². The summed E-state index contributed by atoms with van der Waals surface area (Å²) in [6.45, 7) is 2.45. The largest absolute Gasteiger partial charge is 0.489 e. The number of ether oxygens (including phenoxy) is 1. The van der Waals surface area contributed by atoms with E-state index in [0.717, 1.165) is 46.8 Å².